The first kappa shape index (κ1) is 13.8. The molecule has 108 valence electrons. The number of rotatable bonds is 4. The summed E-state index contributed by atoms with van der Waals surface area (Å²) in [6.07, 6.45) is 0.486. The van der Waals surface area contributed by atoms with Crippen LogP contribution in [-0.2, 0) is 4.79 Å². The van der Waals surface area contributed by atoms with Crippen molar-refractivity contribution in [2.75, 3.05) is 18.0 Å². The summed E-state index contributed by atoms with van der Waals surface area (Å²) >= 11 is 1.42. The van der Waals surface area contributed by atoms with Crippen LogP contribution in [0.1, 0.15) is 16.1 Å². The minimum absolute atomic E-state index is 0.0596. The van der Waals surface area contributed by atoms with E-state index in [4.69, 9.17) is 0 Å². The topological polar surface area (TPSA) is 49.4 Å². The normalized spacial score (nSPS) is 18.0. The third-order valence-electron chi connectivity index (χ3n) is 3.57. The van der Waals surface area contributed by atoms with Crippen molar-refractivity contribution >= 4 is 28.8 Å². The Hall–Kier alpha value is -2.14. The number of anilines is 1. The van der Waals surface area contributed by atoms with Crippen LogP contribution in [0.2, 0.25) is 0 Å². The van der Waals surface area contributed by atoms with E-state index in [1.54, 1.807) is 11.0 Å². The van der Waals surface area contributed by atoms with Crippen LogP contribution in [-0.4, -0.2) is 24.9 Å². The van der Waals surface area contributed by atoms with Gasteiger partial charge in [0.2, 0.25) is 5.91 Å². The van der Waals surface area contributed by atoms with Crippen molar-refractivity contribution in [3.8, 4) is 0 Å². The zero-order chi connectivity index (χ0) is 14.7. The molecule has 1 aromatic carbocycles. The van der Waals surface area contributed by atoms with Gasteiger partial charge in [-0.3, -0.25) is 9.59 Å². The fourth-order valence-corrected chi connectivity index (χ4v) is 3.15. The summed E-state index contributed by atoms with van der Waals surface area (Å²) in [6.45, 7) is 1.19. The molecule has 2 heterocycles. The second kappa shape index (κ2) is 6.10. The fraction of sp³-hybridized carbons (Fsp3) is 0.250. The van der Waals surface area contributed by atoms with Gasteiger partial charge in [0.1, 0.15) is 0 Å². The molecule has 21 heavy (non-hydrogen) atoms. The lowest BCUT2D eigenvalue weighted by molar-refractivity contribution is -0.117. The summed E-state index contributed by atoms with van der Waals surface area (Å²) in [5.74, 6) is 0.230. The molecule has 0 radical (unpaired) electrons. The van der Waals surface area contributed by atoms with Gasteiger partial charge in [-0.2, -0.15) is 0 Å². The molecule has 1 saturated heterocycles. The first-order valence-corrected chi connectivity index (χ1v) is 7.79. The molecule has 2 amide bonds. The van der Waals surface area contributed by atoms with Crippen LogP contribution in [0.3, 0.4) is 0 Å². The number of nitrogens with zero attached hydrogens (tertiary/aromatic N) is 1. The van der Waals surface area contributed by atoms with Gasteiger partial charge in [0.05, 0.1) is 4.88 Å². The Labute approximate surface area is 127 Å². The quantitative estimate of drug-likeness (QED) is 0.943. The summed E-state index contributed by atoms with van der Waals surface area (Å²) in [6, 6.07) is 13.3. The molecule has 0 unspecified atom stereocenters. The van der Waals surface area contributed by atoms with Crippen molar-refractivity contribution in [1.29, 1.82) is 0 Å². The zero-order valence-electron chi connectivity index (χ0n) is 11.5. The highest BCUT2D eigenvalue weighted by molar-refractivity contribution is 7.12. The molecule has 1 aromatic heterocycles. The predicted molar refractivity (Wildman–Crippen MR) is 83.6 cm³/mol. The number of amides is 2. The van der Waals surface area contributed by atoms with Crippen molar-refractivity contribution in [2.24, 2.45) is 5.92 Å². The second-order valence-electron chi connectivity index (χ2n) is 5.10. The Morgan fingerprint density at radius 1 is 1.24 bits per heavy atom. The lowest BCUT2D eigenvalue weighted by Gasteiger charge is -2.16. The number of hydrogen-bond donors (Lipinski definition) is 1. The van der Waals surface area contributed by atoms with Crippen LogP contribution in [0.25, 0.3) is 0 Å². The molecule has 1 fully saturated rings. The van der Waals surface area contributed by atoms with Gasteiger partial charge in [0.25, 0.3) is 5.91 Å². The van der Waals surface area contributed by atoms with Crippen molar-refractivity contribution in [3.63, 3.8) is 0 Å². The molecule has 2 aromatic rings. The van der Waals surface area contributed by atoms with Gasteiger partial charge in [-0.15, -0.1) is 11.3 Å². The molecule has 1 atom stereocenters. The van der Waals surface area contributed by atoms with Crippen LogP contribution in [0.5, 0.6) is 0 Å². The minimum Gasteiger partial charge on any atom is -0.351 e. The van der Waals surface area contributed by atoms with Gasteiger partial charge in [-0.1, -0.05) is 24.3 Å². The van der Waals surface area contributed by atoms with Gasteiger partial charge in [-0.25, -0.2) is 0 Å². The van der Waals surface area contributed by atoms with E-state index in [1.165, 1.54) is 11.3 Å². The van der Waals surface area contributed by atoms with E-state index in [1.807, 2.05) is 41.8 Å². The zero-order valence-corrected chi connectivity index (χ0v) is 12.3. The maximum atomic E-state index is 12.1. The van der Waals surface area contributed by atoms with E-state index < -0.39 is 0 Å². The molecule has 4 nitrogen and oxygen atoms in total. The van der Waals surface area contributed by atoms with Gasteiger partial charge in [0.15, 0.2) is 0 Å². The highest BCUT2D eigenvalue weighted by Gasteiger charge is 2.30. The SMILES string of the molecule is O=C(NC[C@@H]1CC(=O)N(c2ccccc2)C1)c1cccs1. The maximum absolute atomic E-state index is 12.1. The molecule has 0 spiro atoms. The second-order valence-corrected chi connectivity index (χ2v) is 6.05. The number of nitrogens with one attached hydrogen (secondary N) is 1. The number of carbonyl (C=O) groups excluding carboxylic acids is 2. The van der Waals surface area contributed by atoms with Crippen LogP contribution >= 0.6 is 11.3 Å². The van der Waals surface area contributed by atoms with E-state index in [2.05, 4.69) is 5.32 Å². The average Bonchev–Trinajstić information content (AvgIpc) is 3.15. The van der Waals surface area contributed by atoms with Gasteiger partial charge >= 0.3 is 0 Å². The Morgan fingerprint density at radius 3 is 2.76 bits per heavy atom. The highest BCUT2D eigenvalue weighted by Crippen LogP contribution is 2.24. The summed E-state index contributed by atoms with van der Waals surface area (Å²) < 4.78 is 0. The smallest absolute Gasteiger partial charge is 0.261 e. The first-order valence-electron chi connectivity index (χ1n) is 6.91. The standard InChI is InChI=1S/C16H16N2O2S/c19-15-9-12(10-17-16(20)14-7-4-8-21-14)11-18(15)13-5-2-1-3-6-13/h1-8,12H,9-11H2,(H,17,20)/t12-/m0/s1. The Morgan fingerprint density at radius 2 is 2.05 bits per heavy atom. The summed E-state index contributed by atoms with van der Waals surface area (Å²) in [5.41, 5.74) is 0.926. The summed E-state index contributed by atoms with van der Waals surface area (Å²) in [5, 5.41) is 4.79. The minimum atomic E-state index is -0.0596. The van der Waals surface area contributed by atoms with E-state index >= 15 is 0 Å². The van der Waals surface area contributed by atoms with Crippen LogP contribution < -0.4 is 10.2 Å². The molecule has 1 N–H and O–H groups in total. The molecule has 0 saturated carbocycles. The number of carbonyl (C=O) groups is 2. The van der Waals surface area contributed by atoms with Gasteiger partial charge in [-0.05, 0) is 23.6 Å². The van der Waals surface area contributed by atoms with E-state index in [0.29, 0.717) is 24.4 Å². The predicted octanol–water partition coefficient (Wildman–Crippen LogP) is 2.53. The lowest BCUT2D eigenvalue weighted by atomic mass is 10.1. The molecular formula is C16H16N2O2S. The number of thiophene rings is 1. The average molecular weight is 300 g/mol. The molecule has 1 aliphatic rings. The first-order chi connectivity index (χ1) is 10.2. The Kier molecular flexibility index (Phi) is 4.01. The largest absolute Gasteiger partial charge is 0.351 e. The van der Waals surface area contributed by atoms with Crippen molar-refractivity contribution in [3.05, 3.63) is 52.7 Å². The van der Waals surface area contributed by atoms with Crippen molar-refractivity contribution in [1.82, 2.24) is 5.32 Å². The van der Waals surface area contributed by atoms with Gasteiger partial charge in [0, 0.05) is 31.1 Å². The molecule has 1 aliphatic heterocycles. The third-order valence-corrected chi connectivity index (χ3v) is 4.44. The number of benzene rings is 1. The Bertz CT molecular complexity index is 625. The van der Waals surface area contributed by atoms with E-state index in [0.717, 1.165) is 5.69 Å². The number of hydrogen-bond acceptors (Lipinski definition) is 3. The molecule has 3 rings (SSSR count). The molecule has 0 aliphatic carbocycles. The van der Waals surface area contributed by atoms with Crippen LogP contribution in [0.4, 0.5) is 5.69 Å². The summed E-state index contributed by atoms with van der Waals surface area (Å²) in [7, 11) is 0. The van der Waals surface area contributed by atoms with E-state index in [9.17, 15) is 9.59 Å². The van der Waals surface area contributed by atoms with Crippen molar-refractivity contribution in [2.45, 2.75) is 6.42 Å². The van der Waals surface area contributed by atoms with E-state index in [-0.39, 0.29) is 17.7 Å². The maximum Gasteiger partial charge on any atom is 0.261 e. The lowest BCUT2D eigenvalue weighted by Crippen LogP contribution is -2.30. The number of para-hydroxylation sites is 1. The highest BCUT2D eigenvalue weighted by atomic mass is 32.1. The van der Waals surface area contributed by atoms with Crippen LogP contribution in [0, 0.1) is 5.92 Å². The Balaban J connectivity index is 1.57. The third kappa shape index (κ3) is 3.13. The fourth-order valence-electron chi connectivity index (χ4n) is 2.51. The van der Waals surface area contributed by atoms with Crippen molar-refractivity contribution < 1.29 is 9.59 Å². The molecular weight excluding hydrogens is 284 g/mol. The summed E-state index contributed by atoms with van der Waals surface area (Å²) in [4.78, 5) is 26.5. The van der Waals surface area contributed by atoms with Crippen LogP contribution in [0.15, 0.2) is 47.8 Å². The molecule has 0 bridgehead atoms. The molecule has 5 heteroatoms. The monoisotopic (exact) mass is 300 g/mol. The van der Waals surface area contributed by atoms with Gasteiger partial charge < -0.3 is 10.2 Å².